The lowest BCUT2D eigenvalue weighted by atomic mass is 9.99. The van der Waals surface area contributed by atoms with Crippen LogP contribution in [0.2, 0.25) is 0 Å². The highest BCUT2D eigenvalue weighted by atomic mass is 16.5. The van der Waals surface area contributed by atoms with Gasteiger partial charge in [0.05, 0.1) is 12.7 Å². The Morgan fingerprint density at radius 1 is 1.04 bits per heavy atom. The van der Waals surface area contributed by atoms with Crippen molar-refractivity contribution in [3.8, 4) is 17.0 Å². The second-order valence-corrected chi connectivity index (χ2v) is 5.84. The maximum atomic E-state index is 12.5. The largest absolute Gasteiger partial charge is 0.475 e. The molecule has 0 spiro atoms. The molecule has 3 N–H and O–H groups in total. The molecule has 0 radical (unpaired) electrons. The Balaban J connectivity index is 1.49. The third-order valence-electron chi connectivity index (χ3n) is 3.93. The van der Waals surface area contributed by atoms with Gasteiger partial charge in [0.15, 0.2) is 0 Å². The van der Waals surface area contributed by atoms with Gasteiger partial charge in [0.1, 0.15) is 0 Å². The van der Waals surface area contributed by atoms with Gasteiger partial charge in [-0.1, -0.05) is 48.5 Å². The molecule has 8 heteroatoms. The number of hydrogen-bond acceptors (Lipinski definition) is 6. The molecule has 28 heavy (non-hydrogen) atoms. The van der Waals surface area contributed by atoms with Crippen molar-refractivity contribution in [3.63, 3.8) is 0 Å². The molecule has 3 aromatic rings. The van der Waals surface area contributed by atoms with Crippen LogP contribution in [0.15, 0.2) is 65.2 Å². The normalized spacial score (nSPS) is 10.3. The SMILES string of the molecule is O=C(NO)c1cc(OCCCNC(=O)c2ccccc2-c2ccccc2)no1. The Labute approximate surface area is 161 Å². The Morgan fingerprint density at radius 2 is 1.79 bits per heavy atom. The topological polar surface area (TPSA) is 114 Å². The molecule has 0 aliphatic carbocycles. The summed E-state index contributed by atoms with van der Waals surface area (Å²) in [5, 5.41) is 14.9. The summed E-state index contributed by atoms with van der Waals surface area (Å²) in [5.41, 5.74) is 3.89. The van der Waals surface area contributed by atoms with E-state index in [1.807, 2.05) is 48.5 Å². The maximum Gasteiger partial charge on any atom is 0.313 e. The van der Waals surface area contributed by atoms with E-state index < -0.39 is 5.91 Å². The number of nitrogens with one attached hydrogen (secondary N) is 2. The Morgan fingerprint density at radius 3 is 2.57 bits per heavy atom. The zero-order valence-corrected chi connectivity index (χ0v) is 14.9. The van der Waals surface area contributed by atoms with Gasteiger partial charge in [0, 0.05) is 12.1 Å². The number of amides is 2. The number of hydrogen-bond donors (Lipinski definition) is 3. The highest BCUT2D eigenvalue weighted by Gasteiger charge is 2.13. The molecule has 0 fully saturated rings. The van der Waals surface area contributed by atoms with Gasteiger partial charge < -0.3 is 14.6 Å². The fraction of sp³-hybridized carbons (Fsp3) is 0.150. The molecule has 1 aromatic heterocycles. The van der Waals surface area contributed by atoms with E-state index in [0.29, 0.717) is 18.5 Å². The molecule has 1 heterocycles. The van der Waals surface area contributed by atoms with E-state index in [-0.39, 0.29) is 24.2 Å². The summed E-state index contributed by atoms with van der Waals surface area (Å²) in [6, 6.07) is 18.4. The van der Waals surface area contributed by atoms with Gasteiger partial charge in [-0.3, -0.25) is 14.8 Å². The molecule has 0 aliphatic rings. The summed E-state index contributed by atoms with van der Waals surface area (Å²) in [4.78, 5) is 23.7. The summed E-state index contributed by atoms with van der Waals surface area (Å²) in [7, 11) is 0. The monoisotopic (exact) mass is 381 g/mol. The number of ether oxygens (including phenoxy) is 1. The standard InChI is InChI=1S/C20H19N3O5/c24-19(16-10-5-4-9-15(16)14-7-2-1-3-8-14)21-11-6-12-27-18-13-17(28-23-18)20(25)22-26/h1-5,7-10,13,26H,6,11-12H2,(H,21,24)(H,22,25). The average molecular weight is 381 g/mol. The quantitative estimate of drug-likeness (QED) is 0.314. The predicted octanol–water partition coefficient (Wildman–Crippen LogP) is 2.66. The third-order valence-corrected chi connectivity index (χ3v) is 3.93. The molecule has 3 rings (SSSR count). The third kappa shape index (κ3) is 4.74. The number of hydroxylamine groups is 1. The van der Waals surface area contributed by atoms with Crippen LogP contribution in [-0.4, -0.2) is 35.3 Å². The number of rotatable bonds is 8. The Kier molecular flexibility index (Phi) is 6.37. The first-order valence-corrected chi connectivity index (χ1v) is 8.65. The van der Waals surface area contributed by atoms with E-state index in [9.17, 15) is 9.59 Å². The number of carbonyl (C=O) groups is 2. The summed E-state index contributed by atoms with van der Waals surface area (Å²) in [5.74, 6) is -1.02. The molecule has 2 amide bonds. The van der Waals surface area contributed by atoms with Crippen molar-refractivity contribution < 1.29 is 24.1 Å². The molecular formula is C20H19N3O5. The number of aromatic nitrogens is 1. The molecule has 0 saturated heterocycles. The van der Waals surface area contributed by atoms with E-state index in [4.69, 9.17) is 14.5 Å². The zero-order valence-electron chi connectivity index (χ0n) is 14.9. The minimum Gasteiger partial charge on any atom is -0.475 e. The van der Waals surface area contributed by atoms with E-state index in [1.54, 1.807) is 6.07 Å². The van der Waals surface area contributed by atoms with Gasteiger partial charge in [-0.2, -0.15) is 0 Å². The number of benzene rings is 2. The van der Waals surface area contributed by atoms with Gasteiger partial charge in [-0.15, -0.1) is 0 Å². The molecule has 0 aliphatic heterocycles. The second kappa shape index (κ2) is 9.33. The average Bonchev–Trinajstić information content (AvgIpc) is 3.22. The van der Waals surface area contributed by atoms with Crippen molar-refractivity contribution in [2.75, 3.05) is 13.2 Å². The van der Waals surface area contributed by atoms with Crippen LogP contribution < -0.4 is 15.5 Å². The molecule has 0 atom stereocenters. The lowest BCUT2D eigenvalue weighted by Gasteiger charge is -2.10. The molecular weight excluding hydrogens is 362 g/mol. The minimum atomic E-state index is -0.813. The summed E-state index contributed by atoms with van der Waals surface area (Å²) in [6.45, 7) is 0.678. The number of carbonyl (C=O) groups excluding carboxylic acids is 2. The van der Waals surface area contributed by atoms with Gasteiger partial charge in [-0.05, 0) is 28.8 Å². The highest BCUT2D eigenvalue weighted by Crippen LogP contribution is 2.23. The molecule has 8 nitrogen and oxygen atoms in total. The first-order chi connectivity index (χ1) is 13.7. The van der Waals surface area contributed by atoms with E-state index >= 15 is 0 Å². The molecule has 0 unspecified atom stereocenters. The minimum absolute atomic E-state index is 0.124. The van der Waals surface area contributed by atoms with Crippen LogP contribution in [0.25, 0.3) is 11.1 Å². The van der Waals surface area contributed by atoms with Crippen molar-refractivity contribution in [2.45, 2.75) is 6.42 Å². The van der Waals surface area contributed by atoms with Crippen LogP contribution in [0.3, 0.4) is 0 Å². The van der Waals surface area contributed by atoms with Crippen molar-refractivity contribution in [1.29, 1.82) is 0 Å². The van der Waals surface area contributed by atoms with Crippen LogP contribution in [0.4, 0.5) is 0 Å². The fourth-order valence-electron chi connectivity index (χ4n) is 2.59. The molecule has 0 saturated carbocycles. The lowest BCUT2D eigenvalue weighted by Crippen LogP contribution is -2.26. The van der Waals surface area contributed by atoms with Crippen molar-refractivity contribution in [1.82, 2.24) is 16.0 Å². The summed E-state index contributed by atoms with van der Waals surface area (Å²) < 4.78 is 10.1. The van der Waals surface area contributed by atoms with Crippen LogP contribution in [0.1, 0.15) is 27.3 Å². The predicted molar refractivity (Wildman–Crippen MR) is 100 cm³/mol. The summed E-state index contributed by atoms with van der Waals surface area (Å²) >= 11 is 0. The Bertz CT molecular complexity index is 940. The highest BCUT2D eigenvalue weighted by molar-refractivity contribution is 6.00. The van der Waals surface area contributed by atoms with Crippen molar-refractivity contribution in [3.05, 3.63) is 72.0 Å². The van der Waals surface area contributed by atoms with Crippen LogP contribution in [0.5, 0.6) is 5.88 Å². The molecule has 0 bridgehead atoms. The Hall–Kier alpha value is -3.65. The molecule has 144 valence electrons. The first-order valence-electron chi connectivity index (χ1n) is 8.65. The lowest BCUT2D eigenvalue weighted by molar-refractivity contribution is 0.0666. The van der Waals surface area contributed by atoms with E-state index in [0.717, 1.165) is 11.1 Å². The molecule has 2 aromatic carbocycles. The van der Waals surface area contributed by atoms with Gasteiger partial charge in [-0.25, -0.2) is 5.48 Å². The second-order valence-electron chi connectivity index (χ2n) is 5.84. The fourth-order valence-corrected chi connectivity index (χ4v) is 2.59. The van der Waals surface area contributed by atoms with Gasteiger partial charge in [0.2, 0.25) is 5.76 Å². The van der Waals surface area contributed by atoms with Crippen LogP contribution >= 0.6 is 0 Å². The van der Waals surface area contributed by atoms with Gasteiger partial charge >= 0.3 is 5.91 Å². The number of nitrogens with zero attached hydrogens (tertiary/aromatic N) is 1. The van der Waals surface area contributed by atoms with Crippen LogP contribution in [0, 0.1) is 0 Å². The zero-order chi connectivity index (χ0) is 19.8. The first kappa shape index (κ1) is 19.1. The van der Waals surface area contributed by atoms with Crippen LogP contribution in [-0.2, 0) is 0 Å². The summed E-state index contributed by atoms with van der Waals surface area (Å²) in [6.07, 6.45) is 0.535. The van der Waals surface area contributed by atoms with E-state index in [1.165, 1.54) is 11.5 Å². The van der Waals surface area contributed by atoms with E-state index in [2.05, 4.69) is 10.5 Å². The van der Waals surface area contributed by atoms with Crippen molar-refractivity contribution in [2.24, 2.45) is 0 Å². The van der Waals surface area contributed by atoms with Gasteiger partial charge in [0.25, 0.3) is 11.8 Å². The maximum absolute atomic E-state index is 12.5. The smallest absolute Gasteiger partial charge is 0.313 e. The van der Waals surface area contributed by atoms with Crippen molar-refractivity contribution >= 4 is 11.8 Å².